The minimum atomic E-state index is -3.98. The average Bonchev–Trinajstić information content (AvgIpc) is 3.02. The highest BCUT2D eigenvalue weighted by Gasteiger charge is 2.31. The molecule has 1 unspecified atom stereocenters. The zero-order chi connectivity index (χ0) is 33.2. The Kier molecular flexibility index (Phi) is 12.0. The summed E-state index contributed by atoms with van der Waals surface area (Å²) in [5, 5.41) is 4.21. The van der Waals surface area contributed by atoms with Gasteiger partial charge in [0.25, 0.3) is 15.5 Å². The van der Waals surface area contributed by atoms with Crippen molar-refractivity contribution < 1.29 is 31.6 Å². The first-order chi connectivity index (χ1) is 21.9. The molecule has 0 saturated heterocycles. The van der Waals surface area contributed by atoms with Gasteiger partial charge in [-0.2, -0.15) is 13.5 Å². The molecule has 1 aromatic heterocycles. The quantitative estimate of drug-likeness (QED) is 0.0664. The normalized spacial score (nSPS) is 12.5. The Hall–Kier alpha value is -4.10. The lowest BCUT2D eigenvalue weighted by Gasteiger charge is -2.27. The lowest BCUT2D eigenvalue weighted by Crippen LogP contribution is -2.33. The summed E-state index contributed by atoms with van der Waals surface area (Å²) in [6.45, 7) is 6.79. The predicted molar refractivity (Wildman–Crippen MR) is 178 cm³/mol. The van der Waals surface area contributed by atoms with Gasteiger partial charge in [-0.1, -0.05) is 111 Å². The molecule has 0 amide bonds. The van der Waals surface area contributed by atoms with Crippen molar-refractivity contribution >= 4 is 24.2 Å². The van der Waals surface area contributed by atoms with Crippen LogP contribution in [0.4, 0.5) is 0 Å². The summed E-state index contributed by atoms with van der Waals surface area (Å²) in [5.41, 5.74) is 1.06. The molecule has 10 nitrogen and oxygen atoms in total. The van der Waals surface area contributed by atoms with Crippen LogP contribution >= 0.6 is 0 Å². The Bertz CT molecular complexity index is 1690. The fourth-order valence-electron chi connectivity index (χ4n) is 4.66. The molecule has 0 saturated carbocycles. The van der Waals surface area contributed by atoms with Gasteiger partial charge in [-0.3, -0.25) is 8.98 Å². The molecule has 0 radical (unpaired) electrons. The van der Waals surface area contributed by atoms with Gasteiger partial charge in [-0.05, 0) is 22.7 Å². The van der Waals surface area contributed by atoms with E-state index in [1.54, 1.807) is 0 Å². The Morgan fingerprint density at radius 1 is 0.891 bits per heavy atom. The van der Waals surface area contributed by atoms with Crippen LogP contribution in [0.1, 0.15) is 33.1 Å². The van der Waals surface area contributed by atoms with Crippen LogP contribution in [0.25, 0.3) is 0 Å². The highest BCUT2D eigenvalue weighted by molar-refractivity contribution is 7.86. The standard InChI is InChI=1S/C34H40N2O8SSi/c1-45(39,40)44-30(31(27-16-10-6-11-17-27)28-18-12-7-13-19-28)24-43-34(38)32-33(37)29(42-23-26-14-8-5-9-15-26)22-36(35-32)25-41-20-21-46(2,3)4/h5-19,22,30-31H,20-21,23-25H2,1-4H3. The SMILES string of the molecule is C[Si](C)(C)CCOCn1cc(OCc2ccccc2)c(=O)c(C(=O)OCC(OS(C)(=O)=O)C(c2ccccc2)c2ccccc2)n1. The number of ether oxygens (including phenoxy) is 3. The highest BCUT2D eigenvalue weighted by atomic mass is 32.2. The minimum absolute atomic E-state index is 0.0172. The topological polar surface area (TPSA) is 123 Å². The molecular formula is C34H40N2O8SSi. The van der Waals surface area contributed by atoms with Gasteiger partial charge in [-0.25, -0.2) is 9.48 Å². The van der Waals surface area contributed by atoms with E-state index in [0.717, 1.165) is 29.0 Å². The molecule has 3 aromatic carbocycles. The largest absolute Gasteiger partial charge is 0.483 e. The number of hydrogen-bond donors (Lipinski definition) is 0. The van der Waals surface area contributed by atoms with Crippen LogP contribution in [-0.2, 0) is 37.1 Å². The molecule has 0 N–H and O–H groups in total. The molecule has 4 aromatic rings. The van der Waals surface area contributed by atoms with E-state index >= 15 is 0 Å². The van der Waals surface area contributed by atoms with E-state index in [2.05, 4.69) is 24.7 Å². The molecule has 1 atom stereocenters. The Morgan fingerprint density at radius 2 is 1.46 bits per heavy atom. The van der Waals surface area contributed by atoms with Crippen LogP contribution in [0.2, 0.25) is 25.7 Å². The zero-order valence-corrected chi connectivity index (χ0v) is 28.3. The Morgan fingerprint density at radius 3 is 2.00 bits per heavy atom. The molecule has 0 spiro atoms. The number of carbonyl (C=O) groups is 1. The second kappa shape index (κ2) is 15.9. The number of esters is 1. The monoisotopic (exact) mass is 664 g/mol. The van der Waals surface area contributed by atoms with Gasteiger partial charge >= 0.3 is 5.97 Å². The molecule has 0 aliphatic rings. The lowest BCUT2D eigenvalue weighted by atomic mass is 9.87. The van der Waals surface area contributed by atoms with Crippen molar-refractivity contribution in [2.24, 2.45) is 0 Å². The van der Waals surface area contributed by atoms with Crippen LogP contribution in [0.15, 0.2) is 102 Å². The Balaban J connectivity index is 1.62. The first-order valence-electron chi connectivity index (χ1n) is 14.9. The van der Waals surface area contributed by atoms with Gasteiger partial charge in [0.05, 0.1) is 12.5 Å². The lowest BCUT2D eigenvalue weighted by molar-refractivity contribution is 0.0277. The summed E-state index contributed by atoms with van der Waals surface area (Å²) in [5.74, 6) is -1.77. The molecule has 0 bridgehead atoms. The fourth-order valence-corrected chi connectivity index (χ4v) is 6.03. The van der Waals surface area contributed by atoms with E-state index in [9.17, 15) is 18.0 Å². The molecule has 0 aliphatic carbocycles. The first kappa shape index (κ1) is 34.8. The predicted octanol–water partition coefficient (Wildman–Crippen LogP) is 5.47. The average molecular weight is 665 g/mol. The van der Waals surface area contributed by atoms with Gasteiger partial charge < -0.3 is 14.2 Å². The van der Waals surface area contributed by atoms with E-state index in [-0.39, 0.29) is 19.1 Å². The van der Waals surface area contributed by atoms with Crippen molar-refractivity contribution in [3.8, 4) is 5.75 Å². The van der Waals surface area contributed by atoms with Crippen molar-refractivity contribution in [3.63, 3.8) is 0 Å². The van der Waals surface area contributed by atoms with Crippen LogP contribution in [0, 0.1) is 0 Å². The van der Waals surface area contributed by atoms with Crippen molar-refractivity contribution in [1.29, 1.82) is 0 Å². The third-order valence-electron chi connectivity index (χ3n) is 6.95. The number of carbonyl (C=O) groups excluding carboxylic acids is 1. The Labute approximate surface area is 271 Å². The van der Waals surface area contributed by atoms with Crippen LogP contribution in [0.5, 0.6) is 5.75 Å². The molecule has 244 valence electrons. The maximum absolute atomic E-state index is 13.5. The minimum Gasteiger partial charge on any atom is -0.483 e. The number of aromatic nitrogens is 2. The van der Waals surface area contributed by atoms with E-state index in [4.69, 9.17) is 18.4 Å². The highest BCUT2D eigenvalue weighted by Crippen LogP contribution is 2.31. The first-order valence-corrected chi connectivity index (χ1v) is 20.4. The second-order valence-corrected chi connectivity index (χ2v) is 19.3. The third-order valence-corrected chi connectivity index (χ3v) is 9.25. The van der Waals surface area contributed by atoms with Crippen molar-refractivity contribution in [2.75, 3.05) is 19.5 Å². The molecule has 46 heavy (non-hydrogen) atoms. The summed E-state index contributed by atoms with van der Waals surface area (Å²) >= 11 is 0. The summed E-state index contributed by atoms with van der Waals surface area (Å²) in [7, 11) is -5.33. The van der Waals surface area contributed by atoms with Crippen LogP contribution < -0.4 is 10.2 Å². The molecule has 0 fully saturated rings. The van der Waals surface area contributed by atoms with Crippen molar-refractivity contribution in [3.05, 3.63) is 130 Å². The van der Waals surface area contributed by atoms with Gasteiger partial charge in [0.1, 0.15) is 26.0 Å². The maximum Gasteiger partial charge on any atom is 0.363 e. The number of rotatable bonds is 16. The van der Waals surface area contributed by atoms with E-state index in [0.29, 0.717) is 6.61 Å². The summed E-state index contributed by atoms with van der Waals surface area (Å²) in [4.78, 5) is 26.9. The van der Waals surface area contributed by atoms with Crippen molar-refractivity contribution in [2.45, 2.75) is 51.0 Å². The van der Waals surface area contributed by atoms with E-state index < -0.39 is 53.9 Å². The van der Waals surface area contributed by atoms with Crippen LogP contribution in [0.3, 0.4) is 0 Å². The van der Waals surface area contributed by atoms with Crippen LogP contribution in [-0.4, -0.2) is 57.8 Å². The van der Waals surface area contributed by atoms with Gasteiger partial charge in [0.2, 0.25) is 5.69 Å². The van der Waals surface area contributed by atoms with E-state index in [1.807, 2.05) is 91.0 Å². The van der Waals surface area contributed by atoms with E-state index in [1.165, 1.54) is 10.9 Å². The number of nitrogens with zero attached hydrogens (tertiary/aromatic N) is 2. The summed E-state index contributed by atoms with van der Waals surface area (Å²) in [6.07, 6.45) is 1.19. The van der Waals surface area contributed by atoms with Gasteiger partial charge in [0, 0.05) is 20.6 Å². The van der Waals surface area contributed by atoms with Gasteiger partial charge in [0.15, 0.2) is 5.75 Å². The third kappa shape index (κ3) is 10.8. The number of benzene rings is 3. The molecule has 1 heterocycles. The zero-order valence-electron chi connectivity index (χ0n) is 26.5. The summed E-state index contributed by atoms with van der Waals surface area (Å²) in [6, 6.07) is 28.6. The number of hydrogen-bond acceptors (Lipinski definition) is 9. The van der Waals surface area contributed by atoms with Crippen molar-refractivity contribution in [1.82, 2.24) is 9.78 Å². The fraction of sp³-hybridized carbons (Fsp3) is 0.324. The maximum atomic E-state index is 13.5. The summed E-state index contributed by atoms with van der Waals surface area (Å²) < 4.78 is 48.8. The second-order valence-electron chi connectivity index (χ2n) is 12.1. The molecule has 4 rings (SSSR count). The molecule has 0 aliphatic heterocycles. The molecule has 12 heteroatoms. The van der Waals surface area contributed by atoms with Gasteiger partial charge in [-0.15, -0.1) is 0 Å². The molecular weight excluding hydrogens is 625 g/mol. The smallest absolute Gasteiger partial charge is 0.363 e.